The summed E-state index contributed by atoms with van der Waals surface area (Å²) in [5.74, 6) is 0.905. The van der Waals surface area contributed by atoms with Crippen LogP contribution in [-0.2, 0) is 22.6 Å². The van der Waals surface area contributed by atoms with Crippen LogP contribution in [0.4, 0.5) is 0 Å². The van der Waals surface area contributed by atoms with Crippen molar-refractivity contribution in [3.63, 3.8) is 0 Å². The standard InChI is InChI=1S/C19H22N2O5/c1-3-5-14-7-8-16(17(10-14)24-2)26-13-19(23)21-12-18(22)20-11-15-6-4-9-25-15/h3-4,6-10H,1,5,11-13H2,2H3,(H,20,22)(H,21,23). The fourth-order valence-electron chi connectivity index (χ4n) is 2.16. The molecule has 1 aromatic carbocycles. The van der Waals surface area contributed by atoms with Gasteiger partial charge in [-0.15, -0.1) is 6.58 Å². The maximum absolute atomic E-state index is 11.8. The molecule has 1 heterocycles. The number of hydrogen-bond donors (Lipinski definition) is 2. The average Bonchev–Trinajstić information content (AvgIpc) is 3.17. The van der Waals surface area contributed by atoms with Crippen molar-refractivity contribution < 1.29 is 23.5 Å². The van der Waals surface area contributed by atoms with Crippen molar-refractivity contribution >= 4 is 11.8 Å². The fourth-order valence-corrected chi connectivity index (χ4v) is 2.16. The summed E-state index contributed by atoms with van der Waals surface area (Å²) < 4.78 is 15.8. The predicted molar refractivity (Wildman–Crippen MR) is 96.0 cm³/mol. The number of carbonyl (C=O) groups is 2. The first-order valence-electron chi connectivity index (χ1n) is 8.08. The van der Waals surface area contributed by atoms with Gasteiger partial charge in [-0.2, -0.15) is 0 Å². The largest absolute Gasteiger partial charge is 0.493 e. The minimum atomic E-state index is -0.407. The third-order valence-corrected chi connectivity index (χ3v) is 3.45. The van der Waals surface area contributed by atoms with Gasteiger partial charge < -0.3 is 24.5 Å². The molecule has 0 aliphatic carbocycles. The number of allylic oxidation sites excluding steroid dienone is 1. The molecule has 138 valence electrons. The van der Waals surface area contributed by atoms with Crippen molar-refractivity contribution in [1.29, 1.82) is 0 Å². The minimum Gasteiger partial charge on any atom is -0.493 e. The van der Waals surface area contributed by atoms with E-state index in [0.717, 1.165) is 5.56 Å². The van der Waals surface area contributed by atoms with Crippen LogP contribution in [0.2, 0.25) is 0 Å². The quantitative estimate of drug-likeness (QED) is 0.633. The molecule has 2 aromatic rings. The molecule has 0 aliphatic rings. The number of benzene rings is 1. The molecule has 7 heteroatoms. The Morgan fingerprint density at radius 2 is 2.04 bits per heavy atom. The SMILES string of the molecule is C=CCc1ccc(OCC(=O)NCC(=O)NCc2ccco2)c(OC)c1. The fraction of sp³-hybridized carbons (Fsp3) is 0.263. The van der Waals surface area contributed by atoms with E-state index in [0.29, 0.717) is 23.7 Å². The molecule has 0 radical (unpaired) electrons. The minimum absolute atomic E-state index is 0.141. The summed E-state index contributed by atoms with van der Waals surface area (Å²) in [7, 11) is 1.53. The van der Waals surface area contributed by atoms with Crippen LogP contribution < -0.4 is 20.1 Å². The lowest BCUT2D eigenvalue weighted by molar-refractivity contribution is -0.127. The van der Waals surface area contributed by atoms with Gasteiger partial charge in [0, 0.05) is 0 Å². The molecule has 0 atom stereocenters. The molecule has 2 rings (SSSR count). The van der Waals surface area contributed by atoms with Gasteiger partial charge in [0.2, 0.25) is 5.91 Å². The van der Waals surface area contributed by atoms with Gasteiger partial charge in [0.25, 0.3) is 5.91 Å². The molecule has 0 saturated carbocycles. The molecule has 0 fully saturated rings. The molecule has 7 nitrogen and oxygen atoms in total. The van der Waals surface area contributed by atoms with Crippen LogP contribution in [0.1, 0.15) is 11.3 Å². The summed E-state index contributed by atoms with van der Waals surface area (Å²) in [6, 6.07) is 8.93. The molecule has 0 aliphatic heterocycles. The molecule has 26 heavy (non-hydrogen) atoms. The Bertz CT molecular complexity index is 740. The van der Waals surface area contributed by atoms with Crippen molar-refractivity contribution in [1.82, 2.24) is 10.6 Å². The number of nitrogens with one attached hydrogen (secondary N) is 2. The van der Waals surface area contributed by atoms with E-state index in [9.17, 15) is 9.59 Å². The van der Waals surface area contributed by atoms with E-state index in [2.05, 4.69) is 17.2 Å². The first kappa shape index (κ1) is 19.1. The van der Waals surface area contributed by atoms with Gasteiger partial charge in [-0.05, 0) is 36.2 Å². The van der Waals surface area contributed by atoms with Gasteiger partial charge >= 0.3 is 0 Å². The first-order chi connectivity index (χ1) is 12.6. The average molecular weight is 358 g/mol. The Morgan fingerprint density at radius 1 is 1.19 bits per heavy atom. The number of hydrogen-bond acceptors (Lipinski definition) is 5. The van der Waals surface area contributed by atoms with Crippen LogP contribution in [0.3, 0.4) is 0 Å². The lowest BCUT2D eigenvalue weighted by Gasteiger charge is -2.12. The smallest absolute Gasteiger partial charge is 0.258 e. The summed E-state index contributed by atoms with van der Waals surface area (Å²) in [5.41, 5.74) is 1.03. The second-order valence-electron chi connectivity index (χ2n) is 5.40. The van der Waals surface area contributed by atoms with Crippen LogP contribution >= 0.6 is 0 Å². The highest BCUT2D eigenvalue weighted by molar-refractivity contribution is 5.85. The molecular formula is C19H22N2O5. The summed E-state index contributed by atoms with van der Waals surface area (Å²) in [6.45, 7) is 3.60. The Morgan fingerprint density at radius 3 is 2.73 bits per heavy atom. The van der Waals surface area contributed by atoms with E-state index in [-0.39, 0.29) is 25.6 Å². The Kier molecular flexibility index (Phi) is 7.30. The number of carbonyl (C=O) groups excluding carboxylic acids is 2. The zero-order valence-electron chi connectivity index (χ0n) is 14.6. The predicted octanol–water partition coefficient (Wildman–Crippen LogP) is 1.83. The summed E-state index contributed by atoms with van der Waals surface area (Å²) in [6.07, 6.45) is 4.03. The lowest BCUT2D eigenvalue weighted by Crippen LogP contribution is -2.38. The zero-order valence-corrected chi connectivity index (χ0v) is 14.6. The number of methoxy groups -OCH3 is 1. The van der Waals surface area contributed by atoms with Crippen molar-refractivity contribution in [3.05, 3.63) is 60.6 Å². The van der Waals surface area contributed by atoms with Crippen molar-refractivity contribution in [2.45, 2.75) is 13.0 Å². The van der Waals surface area contributed by atoms with Gasteiger partial charge in [-0.1, -0.05) is 12.1 Å². The van der Waals surface area contributed by atoms with Crippen LogP contribution in [0.15, 0.2) is 53.7 Å². The van der Waals surface area contributed by atoms with Crippen LogP contribution in [0.25, 0.3) is 0 Å². The van der Waals surface area contributed by atoms with Crippen LogP contribution in [-0.4, -0.2) is 32.1 Å². The topological polar surface area (TPSA) is 89.8 Å². The number of furan rings is 1. The maximum atomic E-state index is 11.8. The second-order valence-corrected chi connectivity index (χ2v) is 5.40. The van der Waals surface area contributed by atoms with Crippen molar-refractivity contribution in [2.75, 3.05) is 20.3 Å². The highest BCUT2D eigenvalue weighted by Gasteiger charge is 2.10. The Hall–Kier alpha value is -3.22. The number of amides is 2. The molecule has 0 saturated heterocycles. The van der Waals surface area contributed by atoms with Crippen molar-refractivity contribution in [3.8, 4) is 11.5 Å². The molecule has 2 N–H and O–H groups in total. The second kappa shape index (κ2) is 9.93. The van der Waals surface area contributed by atoms with E-state index >= 15 is 0 Å². The number of rotatable bonds is 10. The monoisotopic (exact) mass is 358 g/mol. The third kappa shape index (κ3) is 6.01. The Labute approximate surface area is 152 Å². The maximum Gasteiger partial charge on any atom is 0.258 e. The zero-order chi connectivity index (χ0) is 18.8. The normalized spacial score (nSPS) is 10.0. The van der Waals surface area contributed by atoms with E-state index in [1.165, 1.54) is 13.4 Å². The highest BCUT2D eigenvalue weighted by atomic mass is 16.5. The Balaban J connectivity index is 1.74. The molecule has 1 aromatic heterocycles. The van der Waals surface area contributed by atoms with E-state index in [4.69, 9.17) is 13.9 Å². The lowest BCUT2D eigenvalue weighted by atomic mass is 10.1. The molecule has 0 spiro atoms. The molecule has 0 unspecified atom stereocenters. The van der Waals surface area contributed by atoms with Gasteiger partial charge in [-0.3, -0.25) is 9.59 Å². The third-order valence-electron chi connectivity index (χ3n) is 3.45. The van der Waals surface area contributed by atoms with Gasteiger partial charge in [0.15, 0.2) is 18.1 Å². The summed E-state index contributed by atoms with van der Waals surface area (Å²) in [5, 5.41) is 5.13. The number of ether oxygens (including phenoxy) is 2. The van der Waals surface area contributed by atoms with E-state index in [1.807, 2.05) is 12.1 Å². The van der Waals surface area contributed by atoms with E-state index in [1.54, 1.807) is 24.3 Å². The van der Waals surface area contributed by atoms with Gasteiger partial charge in [0.05, 0.1) is 26.5 Å². The summed E-state index contributed by atoms with van der Waals surface area (Å²) >= 11 is 0. The highest BCUT2D eigenvalue weighted by Crippen LogP contribution is 2.28. The van der Waals surface area contributed by atoms with Gasteiger partial charge in [0.1, 0.15) is 5.76 Å². The molecule has 2 amide bonds. The van der Waals surface area contributed by atoms with Crippen molar-refractivity contribution in [2.24, 2.45) is 0 Å². The molecular weight excluding hydrogens is 336 g/mol. The van der Waals surface area contributed by atoms with Crippen LogP contribution in [0.5, 0.6) is 11.5 Å². The first-order valence-corrected chi connectivity index (χ1v) is 8.08. The van der Waals surface area contributed by atoms with Crippen LogP contribution in [0, 0.1) is 0 Å². The van der Waals surface area contributed by atoms with E-state index < -0.39 is 5.91 Å². The van der Waals surface area contributed by atoms with Gasteiger partial charge in [-0.25, -0.2) is 0 Å². The summed E-state index contributed by atoms with van der Waals surface area (Å²) in [4.78, 5) is 23.5. The molecule has 0 bridgehead atoms.